The van der Waals surface area contributed by atoms with Crippen molar-refractivity contribution in [3.63, 3.8) is 0 Å². The molecule has 0 bridgehead atoms. The van der Waals surface area contributed by atoms with E-state index in [1.807, 2.05) is 5.51 Å². The lowest BCUT2D eigenvalue weighted by Crippen LogP contribution is -2.43. The third-order valence-electron chi connectivity index (χ3n) is 2.63. The summed E-state index contributed by atoms with van der Waals surface area (Å²) in [6.45, 7) is 9.07. The third-order valence-corrected chi connectivity index (χ3v) is 3.49. The fraction of sp³-hybridized carbons (Fsp3) is 0.700. The number of rotatable bonds is 0. The molecule has 1 aromatic heterocycles. The van der Waals surface area contributed by atoms with Crippen LogP contribution < -0.4 is 0 Å². The smallest absolute Gasteiger partial charge is 0.0798 e. The predicted molar refractivity (Wildman–Crippen MR) is 56.0 cm³/mol. The van der Waals surface area contributed by atoms with E-state index in [9.17, 15) is 0 Å². The summed E-state index contributed by atoms with van der Waals surface area (Å²) in [7, 11) is 0. The Kier molecular flexibility index (Phi) is 2.16. The molecule has 0 N–H and O–H groups in total. The largest absolute Gasteiger partial charge is 0.293 e. The van der Waals surface area contributed by atoms with Crippen LogP contribution in [0.25, 0.3) is 0 Å². The van der Waals surface area contributed by atoms with E-state index in [1.54, 1.807) is 11.3 Å². The topological polar surface area (TPSA) is 16.1 Å². The fourth-order valence-electron chi connectivity index (χ4n) is 1.69. The zero-order chi connectivity index (χ0) is 9.47. The highest BCUT2D eigenvalue weighted by Gasteiger charge is 2.26. The van der Waals surface area contributed by atoms with Crippen molar-refractivity contribution in [2.45, 2.75) is 39.3 Å². The van der Waals surface area contributed by atoms with Crippen LogP contribution in [0.3, 0.4) is 0 Å². The number of hydrogen-bond acceptors (Lipinski definition) is 3. The first kappa shape index (κ1) is 9.16. The van der Waals surface area contributed by atoms with Crippen LogP contribution in [0.5, 0.6) is 0 Å². The number of hydrogen-bond donors (Lipinski definition) is 0. The molecule has 0 saturated heterocycles. The van der Waals surface area contributed by atoms with Crippen molar-refractivity contribution in [3.05, 3.63) is 16.1 Å². The van der Waals surface area contributed by atoms with Crippen molar-refractivity contribution in [1.82, 2.24) is 9.88 Å². The van der Waals surface area contributed by atoms with E-state index in [-0.39, 0.29) is 0 Å². The van der Waals surface area contributed by atoms with Gasteiger partial charge in [0.2, 0.25) is 0 Å². The molecule has 0 aliphatic carbocycles. The van der Waals surface area contributed by atoms with Gasteiger partial charge in [0, 0.05) is 29.9 Å². The minimum Gasteiger partial charge on any atom is -0.293 e. The molecule has 1 aliphatic rings. The molecule has 1 aromatic rings. The summed E-state index contributed by atoms with van der Waals surface area (Å²) in [6.07, 6.45) is 1.12. The second-order valence-electron chi connectivity index (χ2n) is 4.56. The van der Waals surface area contributed by atoms with Gasteiger partial charge in [0.1, 0.15) is 0 Å². The van der Waals surface area contributed by atoms with Crippen LogP contribution in [0.15, 0.2) is 5.51 Å². The van der Waals surface area contributed by atoms with E-state index in [4.69, 9.17) is 0 Å². The molecule has 72 valence electrons. The Morgan fingerprint density at radius 2 is 2.23 bits per heavy atom. The maximum atomic E-state index is 4.37. The van der Waals surface area contributed by atoms with E-state index >= 15 is 0 Å². The number of fused-ring (bicyclic) bond motifs is 1. The second kappa shape index (κ2) is 3.07. The first-order valence-electron chi connectivity index (χ1n) is 4.73. The zero-order valence-corrected chi connectivity index (χ0v) is 9.32. The van der Waals surface area contributed by atoms with Gasteiger partial charge >= 0.3 is 0 Å². The van der Waals surface area contributed by atoms with Gasteiger partial charge in [0.15, 0.2) is 0 Å². The van der Waals surface area contributed by atoms with Crippen molar-refractivity contribution in [3.8, 4) is 0 Å². The Morgan fingerprint density at radius 3 is 2.92 bits per heavy atom. The highest BCUT2D eigenvalue weighted by atomic mass is 32.1. The van der Waals surface area contributed by atoms with Crippen LogP contribution in [-0.2, 0) is 13.0 Å². The van der Waals surface area contributed by atoms with E-state index in [0.29, 0.717) is 5.54 Å². The highest BCUT2D eigenvalue weighted by molar-refractivity contribution is 7.09. The Balaban J connectivity index is 2.18. The van der Waals surface area contributed by atoms with Crippen LogP contribution in [0.2, 0.25) is 0 Å². The lowest BCUT2D eigenvalue weighted by molar-refractivity contribution is 0.122. The van der Waals surface area contributed by atoms with E-state index in [0.717, 1.165) is 19.5 Å². The summed E-state index contributed by atoms with van der Waals surface area (Å²) >= 11 is 1.79. The summed E-state index contributed by atoms with van der Waals surface area (Å²) in [5.74, 6) is 0. The SMILES string of the molecule is CC(C)(C)N1CCc2ncsc2C1. The zero-order valence-electron chi connectivity index (χ0n) is 8.50. The lowest BCUT2D eigenvalue weighted by Gasteiger charge is -2.37. The number of aromatic nitrogens is 1. The molecule has 2 heterocycles. The molecule has 0 aromatic carbocycles. The summed E-state index contributed by atoms with van der Waals surface area (Å²) in [6, 6.07) is 0. The molecule has 0 radical (unpaired) electrons. The molecule has 1 aliphatic heterocycles. The summed E-state index contributed by atoms with van der Waals surface area (Å²) in [5, 5.41) is 0. The minimum absolute atomic E-state index is 0.293. The molecule has 3 heteroatoms. The molecule has 2 rings (SSSR count). The average molecular weight is 196 g/mol. The summed E-state index contributed by atoms with van der Waals surface area (Å²) in [5.41, 5.74) is 3.59. The normalized spacial score (nSPS) is 18.7. The molecule has 2 nitrogen and oxygen atoms in total. The molecule has 0 atom stereocenters. The average Bonchev–Trinajstić information content (AvgIpc) is 2.47. The molecule has 13 heavy (non-hydrogen) atoms. The summed E-state index contributed by atoms with van der Waals surface area (Å²) in [4.78, 5) is 8.35. The standard InChI is InChI=1S/C10H16N2S/c1-10(2,3)12-5-4-8-9(6-12)13-7-11-8/h7H,4-6H2,1-3H3. The first-order chi connectivity index (χ1) is 6.07. The van der Waals surface area contributed by atoms with Crippen molar-refractivity contribution >= 4 is 11.3 Å². The number of thiazole rings is 1. The van der Waals surface area contributed by atoms with Gasteiger partial charge in [-0.3, -0.25) is 4.90 Å². The highest BCUT2D eigenvalue weighted by Crippen LogP contribution is 2.26. The lowest BCUT2D eigenvalue weighted by atomic mass is 10.0. The first-order valence-corrected chi connectivity index (χ1v) is 5.61. The van der Waals surface area contributed by atoms with Crippen LogP contribution in [0, 0.1) is 0 Å². The van der Waals surface area contributed by atoms with Gasteiger partial charge in [-0.15, -0.1) is 11.3 Å². The molecule has 0 unspecified atom stereocenters. The molecule has 0 saturated carbocycles. The van der Waals surface area contributed by atoms with Gasteiger partial charge in [-0.25, -0.2) is 4.98 Å². The third kappa shape index (κ3) is 1.76. The van der Waals surface area contributed by atoms with E-state index < -0.39 is 0 Å². The van der Waals surface area contributed by atoms with Crippen LogP contribution in [0.1, 0.15) is 31.3 Å². The van der Waals surface area contributed by atoms with E-state index in [2.05, 4.69) is 30.7 Å². The number of nitrogens with zero attached hydrogens (tertiary/aromatic N) is 2. The summed E-state index contributed by atoms with van der Waals surface area (Å²) < 4.78 is 0. The van der Waals surface area contributed by atoms with Gasteiger partial charge in [-0.05, 0) is 20.8 Å². The van der Waals surface area contributed by atoms with Crippen molar-refractivity contribution in [2.24, 2.45) is 0 Å². The predicted octanol–water partition coefficient (Wildman–Crippen LogP) is 2.30. The van der Waals surface area contributed by atoms with Crippen molar-refractivity contribution in [2.75, 3.05) is 6.54 Å². The van der Waals surface area contributed by atoms with Crippen molar-refractivity contribution in [1.29, 1.82) is 0 Å². The van der Waals surface area contributed by atoms with Gasteiger partial charge in [-0.1, -0.05) is 0 Å². The van der Waals surface area contributed by atoms with Crippen molar-refractivity contribution < 1.29 is 0 Å². The van der Waals surface area contributed by atoms with Gasteiger partial charge in [0.25, 0.3) is 0 Å². The molecule has 0 amide bonds. The van der Waals surface area contributed by atoms with Gasteiger partial charge < -0.3 is 0 Å². The fourth-order valence-corrected chi connectivity index (χ4v) is 2.52. The second-order valence-corrected chi connectivity index (χ2v) is 5.50. The molecular weight excluding hydrogens is 180 g/mol. The van der Waals surface area contributed by atoms with Crippen LogP contribution in [0.4, 0.5) is 0 Å². The Labute approximate surface area is 83.6 Å². The maximum Gasteiger partial charge on any atom is 0.0798 e. The van der Waals surface area contributed by atoms with Crippen LogP contribution in [-0.4, -0.2) is 22.0 Å². The van der Waals surface area contributed by atoms with Gasteiger partial charge in [-0.2, -0.15) is 0 Å². The maximum absolute atomic E-state index is 4.37. The van der Waals surface area contributed by atoms with Gasteiger partial charge in [0.05, 0.1) is 11.2 Å². The minimum atomic E-state index is 0.293. The Hall–Kier alpha value is -0.410. The molecule has 0 fully saturated rings. The quantitative estimate of drug-likeness (QED) is 0.633. The molecule has 0 spiro atoms. The monoisotopic (exact) mass is 196 g/mol. The molecular formula is C10H16N2S. The Bertz CT molecular complexity index is 298. The van der Waals surface area contributed by atoms with E-state index in [1.165, 1.54) is 10.6 Å². The van der Waals surface area contributed by atoms with Crippen LogP contribution >= 0.6 is 11.3 Å². The Morgan fingerprint density at radius 1 is 1.46 bits per heavy atom.